The van der Waals surface area contributed by atoms with Gasteiger partial charge in [0.25, 0.3) is 0 Å². The standard InChI is InChI=1S/C35H25N.2C2H6/c1-2-9-25-21-27(15-13-23(25)7-1)35(28-16-18-33-26(22-28)19-20-36-33)32-12-6-5-11-30(32)31-17-14-24-8-3-4-10-29(24)34(31)35;2*1-2/h1-13,15-16,18-22,36H,14,17H2;2*1-2H3. The number of hydrogen-bond donors (Lipinski definition) is 1. The molecular weight excluding hydrogens is 482 g/mol. The first-order chi connectivity index (χ1) is 19.8. The maximum Gasteiger partial charge on any atom is 0.0716 e. The average molecular weight is 520 g/mol. The summed E-state index contributed by atoms with van der Waals surface area (Å²) in [5, 5.41) is 3.82. The molecule has 0 saturated carbocycles. The first-order valence-corrected chi connectivity index (χ1v) is 14.8. The van der Waals surface area contributed by atoms with Crippen LogP contribution in [0.5, 0.6) is 0 Å². The van der Waals surface area contributed by atoms with Crippen LogP contribution in [0.1, 0.15) is 67.5 Å². The molecule has 2 aliphatic carbocycles. The number of hydrogen-bond acceptors (Lipinski definition) is 0. The molecule has 0 fully saturated rings. The van der Waals surface area contributed by atoms with Crippen LogP contribution >= 0.6 is 0 Å². The van der Waals surface area contributed by atoms with Gasteiger partial charge in [0.2, 0.25) is 0 Å². The molecule has 1 heteroatoms. The number of H-pyrrole nitrogens is 1. The zero-order valence-corrected chi connectivity index (χ0v) is 24.0. The molecule has 0 saturated heterocycles. The monoisotopic (exact) mass is 519 g/mol. The van der Waals surface area contributed by atoms with E-state index < -0.39 is 0 Å². The van der Waals surface area contributed by atoms with Gasteiger partial charge in [-0.1, -0.05) is 119 Å². The first-order valence-electron chi connectivity index (χ1n) is 14.8. The van der Waals surface area contributed by atoms with Gasteiger partial charge in [-0.05, 0) is 97.8 Å². The molecule has 8 rings (SSSR count). The van der Waals surface area contributed by atoms with Gasteiger partial charge in [-0.15, -0.1) is 0 Å². The molecule has 2 aliphatic rings. The molecule has 5 aromatic carbocycles. The van der Waals surface area contributed by atoms with Crippen LogP contribution in [-0.2, 0) is 11.8 Å². The molecule has 0 bridgehead atoms. The van der Waals surface area contributed by atoms with Crippen LogP contribution < -0.4 is 0 Å². The third kappa shape index (κ3) is 3.76. The average Bonchev–Trinajstić information content (AvgIpc) is 3.64. The molecule has 1 atom stereocenters. The fraction of sp³-hybridized carbons (Fsp3) is 0.179. The highest BCUT2D eigenvalue weighted by Crippen LogP contribution is 2.61. The molecule has 0 aliphatic heterocycles. The van der Waals surface area contributed by atoms with Gasteiger partial charge in [-0.3, -0.25) is 0 Å². The molecule has 198 valence electrons. The Labute approximate surface area is 238 Å². The van der Waals surface area contributed by atoms with Gasteiger partial charge < -0.3 is 4.98 Å². The van der Waals surface area contributed by atoms with Gasteiger partial charge in [-0.2, -0.15) is 0 Å². The highest BCUT2D eigenvalue weighted by atomic mass is 14.7. The maximum atomic E-state index is 3.39. The third-order valence-electron chi connectivity index (χ3n) is 8.43. The van der Waals surface area contributed by atoms with Crippen molar-refractivity contribution >= 4 is 32.8 Å². The molecule has 1 N–H and O–H groups in total. The summed E-state index contributed by atoms with van der Waals surface area (Å²) in [4.78, 5) is 3.39. The minimum absolute atomic E-state index is 0.377. The Hall–Kier alpha value is -4.36. The number of benzene rings is 5. The van der Waals surface area contributed by atoms with Gasteiger partial charge >= 0.3 is 0 Å². The summed E-state index contributed by atoms with van der Waals surface area (Å²) in [5.41, 5.74) is 12.1. The van der Waals surface area contributed by atoms with Crippen molar-refractivity contribution in [2.45, 2.75) is 46.0 Å². The maximum absolute atomic E-state index is 3.39. The minimum atomic E-state index is -0.377. The Balaban J connectivity index is 0.000000694. The lowest BCUT2D eigenvalue weighted by Gasteiger charge is -2.38. The van der Waals surface area contributed by atoms with E-state index in [1.165, 1.54) is 66.2 Å². The number of fused-ring (bicyclic) bond motifs is 6. The van der Waals surface area contributed by atoms with Crippen LogP contribution in [0.2, 0.25) is 0 Å². The van der Waals surface area contributed by atoms with Crippen molar-refractivity contribution in [1.29, 1.82) is 0 Å². The van der Waals surface area contributed by atoms with Crippen LogP contribution in [0, 0.1) is 0 Å². The van der Waals surface area contributed by atoms with E-state index in [9.17, 15) is 0 Å². The number of allylic oxidation sites excluding steroid dienone is 2. The second-order valence-electron chi connectivity index (χ2n) is 10.1. The summed E-state index contributed by atoms with van der Waals surface area (Å²) in [5.74, 6) is 0. The van der Waals surface area contributed by atoms with Gasteiger partial charge in [0, 0.05) is 11.7 Å². The Morgan fingerprint density at radius 2 is 1.20 bits per heavy atom. The Bertz CT molecular complexity index is 1850. The molecule has 40 heavy (non-hydrogen) atoms. The van der Waals surface area contributed by atoms with Crippen molar-refractivity contribution in [2.24, 2.45) is 0 Å². The zero-order chi connectivity index (χ0) is 27.7. The van der Waals surface area contributed by atoms with Crippen LogP contribution in [0.4, 0.5) is 0 Å². The fourth-order valence-corrected chi connectivity index (χ4v) is 6.91. The minimum Gasteiger partial charge on any atom is -0.361 e. The first kappa shape index (κ1) is 25.9. The Kier molecular flexibility index (Phi) is 6.90. The van der Waals surface area contributed by atoms with Gasteiger partial charge in [-0.25, -0.2) is 0 Å². The van der Waals surface area contributed by atoms with Gasteiger partial charge in [0.05, 0.1) is 5.41 Å². The largest absolute Gasteiger partial charge is 0.361 e. The Morgan fingerprint density at radius 3 is 2.02 bits per heavy atom. The number of aryl methyl sites for hydroxylation is 1. The van der Waals surface area contributed by atoms with Crippen LogP contribution in [-0.4, -0.2) is 4.98 Å². The summed E-state index contributed by atoms with van der Waals surface area (Å²) < 4.78 is 0. The van der Waals surface area contributed by atoms with Crippen molar-refractivity contribution in [3.63, 3.8) is 0 Å². The molecule has 6 aromatic rings. The van der Waals surface area contributed by atoms with E-state index in [4.69, 9.17) is 0 Å². The van der Waals surface area contributed by atoms with E-state index in [1.807, 2.05) is 33.9 Å². The van der Waals surface area contributed by atoms with E-state index in [-0.39, 0.29) is 5.41 Å². The molecule has 1 aromatic heterocycles. The van der Waals surface area contributed by atoms with E-state index in [2.05, 4.69) is 120 Å². The van der Waals surface area contributed by atoms with Crippen molar-refractivity contribution in [2.75, 3.05) is 0 Å². The second kappa shape index (κ2) is 10.7. The second-order valence-corrected chi connectivity index (χ2v) is 10.1. The molecule has 0 spiro atoms. The zero-order valence-electron chi connectivity index (χ0n) is 24.0. The van der Waals surface area contributed by atoms with Crippen molar-refractivity contribution in [1.82, 2.24) is 4.98 Å². The van der Waals surface area contributed by atoms with Crippen molar-refractivity contribution in [3.05, 3.63) is 155 Å². The predicted octanol–water partition coefficient (Wildman–Crippen LogP) is 10.6. The van der Waals surface area contributed by atoms with Crippen LogP contribution in [0.25, 0.3) is 32.8 Å². The van der Waals surface area contributed by atoms with Crippen LogP contribution in [0.3, 0.4) is 0 Å². The summed E-state index contributed by atoms with van der Waals surface area (Å²) in [6.07, 6.45) is 4.21. The normalized spacial score (nSPS) is 16.8. The summed E-state index contributed by atoms with van der Waals surface area (Å²) in [6, 6.07) is 43.2. The smallest absolute Gasteiger partial charge is 0.0716 e. The SMILES string of the molecule is CC.CC.c1ccc2c(c1)CCC1=C2C(c2ccc3ccccc3c2)(c2ccc3[nH]ccc3c2)c2ccccc21. The molecule has 0 amide bonds. The van der Waals surface area contributed by atoms with Crippen LogP contribution in [0.15, 0.2) is 121 Å². The predicted molar refractivity (Wildman–Crippen MR) is 173 cm³/mol. The molecule has 1 heterocycles. The van der Waals surface area contributed by atoms with Crippen molar-refractivity contribution in [3.8, 4) is 0 Å². The fourth-order valence-electron chi connectivity index (χ4n) is 6.91. The van der Waals surface area contributed by atoms with E-state index in [0.29, 0.717) is 0 Å². The molecule has 0 radical (unpaired) electrons. The quantitative estimate of drug-likeness (QED) is 0.234. The number of rotatable bonds is 2. The number of aromatic nitrogens is 1. The lowest BCUT2D eigenvalue weighted by atomic mass is 9.63. The number of aromatic amines is 1. The highest BCUT2D eigenvalue weighted by molar-refractivity contribution is 6.08. The highest BCUT2D eigenvalue weighted by Gasteiger charge is 2.49. The summed E-state index contributed by atoms with van der Waals surface area (Å²) in [7, 11) is 0. The van der Waals surface area contributed by atoms with Crippen molar-refractivity contribution < 1.29 is 0 Å². The molecule has 1 unspecified atom stereocenters. The van der Waals surface area contributed by atoms with Gasteiger partial charge in [0.1, 0.15) is 0 Å². The van der Waals surface area contributed by atoms with E-state index >= 15 is 0 Å². The Morgan fingerprint density at radius 1 is 0.550 bits per heavy atom. The lowest BCUT2D eigenvalue weighted by Crippen LogP contribution is -2.30. The van der Waals surface area contributed by atoms with E-state index in [1.54, 1.807) is 0 Å². The topological polar surface area (TPSA) is 15.8 Å². The summed E-state index contributed by atoms with van der Waals surface area (Å²) in [6.45, 7) is 8.00. The third-order valence-corrected chi connectivity index (χ3v) is 8.43. The summed E-state index contributed by atoms with van der Waals surface area (Å²) >= 11 is 0. The molecule has 1 nitrogen and oxygen atoms in total. The van der Waals surface area contributed by atoms with E-state index in [0.717, 1.165) is 12.8 Å². The number of nitrogens with one attached hydrogen (secondary N) is 1. The van der Waals surface area contributed by atoms with Gasteiger partial charge in [0.15, 0.2) is 0 Å². The molecular formula is C39H37N. The lowest BCUT2D eigenvalue weighted by molar-refractivity contribution is 0.811.